The molecule has 122 valence electrons. The Hall–Kier alpha value is -2.41. The van der Waals surface area contributed by atoms with Gasteiger partial charge < -0.3 is 20.3 Å². The van der Waals surface area contributed by atoms with Gasteiger partial charge in [-0.2, -0.15) is 0 Å². The van der Waals surface area contributed by atoms with Crippen LogP contribution in [-0.2, 0) is 9.59 Å². The molecule has 1 fully saturated rings. The number of Topliss-reactive ketones (excluding diaryl/α,β-unsaturated/α-hetero) is 1. The maximum Gasteiger partial charge on any atom is 0.262 e. The molecule has 23 heavy (non-hydrogen) atoms. The number of piperazine rings is 1. The number of hydrogen-bond acceptors (Lipinski definition) is 5. The van der Waals surface area contributed by atoms with Crippen molar-refractivity contribution in [1.29, 1.82) is 0 Å². The summed E-state index contributed by atoms with van der Waals surface area (Å²) in [4.78, 5) is 37.4. The van der Waals surface area contributed by atoms with Crippen LogP contribution in [0.4, 0.5) is 5.69 Å². The number of amides is 2. The van der Waals surface area contributed by atoms with Crippen LogP contribution in [0.15, 0.2) is 18.2 Å². The van der Waals surface area contributed by atoms with Crippen molar-refractivity contribution >= 4 is 23.3 Å². The first-order valence-corrected chi connectivity index (χ1v) is 7.72. The minimum Gasteiger partial charge on any atom is -0.482 e. The van der Waals surface area contributed by atoms with E-state index in [9.17, 15) is 14.4 Å². The molecule has 2 amide bonds. The van der Waals surface area contributed by atoms with Gasteiger partial charge in [-0.1, -0.05) is 0 Å². The zero-order valence-corrected chi connectivity index (χ0v) is 12.8. The molecule has 1 aromatic rings. The van der Waals surface area contributed by atoms with E-state index in [-0.39, 0.29) is 37.0 Å². The van der Waals surface area contributed by atoms with E-state index >= 15 is 0 Å². The van der Waals surface area contributed by atoms with E-state index in [2.05, 4.69) is 10.6 Å². The molecule has 0 aliphatic carbocycles. The van der Waals surface area contributed by atoms with Gasteiger partial charge in [0.05, 0.1) is 5.69 Å². The van der Waals surface area contributed by atoms with Crippen molar-refractivity contribution in [2.45, 2.75) is 12.8 Å². The average Bonchev–Trinajstić information content (AvgIpc) is 2.59. The van der Waals surface area contributed by atoms with Gasteiger partial charge in [0.2, 0.25) is 5.91 Å². The van der Waals surface area contributed by atoms with E-state index in [1.807, 2.05) is 0 Å². The number of hydrogen-bond donors (Lipinski definition) is 2. The SMILES string of the molecule is O=C1COc2ccc(C(=O)CCC(=O)N3CCNCC3)cc2N1. The van der Waals surface area contributed by atoms with E-state index in [1.165, 1.54) is 0 Å². The topological polar surface area (TPSA) is 87.7 Å². The zero-order valence-electron chi connectivity index (χ0n) is 12.8. The Labute approximate surface area is 134 Å². The molecule has 1 saturated heterocycles. The van der Waals surface area contributed by atoms with Crippen molar-refractivity contribution in [2.24, 2.45) is 0 Å². The van der Waals surface area contributed by atoms with Crippen LogP contribution >= 0.6 is 0 Å². The number of nitrogens with one attached hydrogen (secondary N) is 2. The first-order valence-electron chi connectivity index (χ1n) is 7.72. The molecule has 2 aliphatic rings. The van der Waals surface area contributed by atoms with E-state index in [4.69, 9.17) is 4.74 Å². The minimum absolute atomic E-state index is 0.00875. The van der Waals surface area contributed by atoms with Gasteiger partial charge in [0.15, 0.2) is 12.4 Å². The fourth-order valence-corrected chi connectivity index (χ4v) is 2.69. The van der Waals surface area contributed by atoms with Crippen molar-refractivity contribution in [3.63, 3.8) is 0 Å². The van der Waals surface area contributed by atoms with Crippen LogP contribution in [0.3, 0.4) is 0 Å². The van der Waals surface area contributed by atoms with Crippen LogP contribution in [0.5, 0.6) is 5.75 Å². The zero-order chi connectivity index (χ0) is 16.2. The highest BCUT2D eigenvalue weighted by Crippen LogP contribution is 2.28. The Morgan fingerprint density at radius 1 is 1.17 bits per heavy atom. The normalized spacial score (nSPS) is 17.0. The second-order valence-electron chi connectivity index (χ2n) is 5.60. The number of benzene rings is 1. The third kappa shape index (κ3) is 3.68. The summed E-state index contributed by atoms with van der Waals surface area (Å²) in [5.41, 5.74) is 0.975. The van der Waals surface area contributed by atoms with Gasteiger partial charge in [-0.15, -0.1) is 0 Å². The molecule has 1 aromatic carbocycles. The molecule has 3 rings (SSSR count). The van der Waals surface area contributed by atoms with Crippen LogP contribution in [0.25, 0.3) is 0 Å². The highest BCUT2D eigenvalue weighted by Gasteiger charge is 2.20. The lowest BCUT2D eigenvalue weighted by molar-refractivity contribution is -0.131. The van der Waals surface area contributed by atoms with E-state index < -0.39 is 0 Å². The maximum atomic E-state index is 12.3. The summed E-state index contributed by atoms with van der Waals surface area (Å²) in [5.74, 6) is 0.208. The molecule has 0 unspecified atom stereocenters. The van der Waals surface area contributed by atoms with Gasteiger partial charge in [-0.25, -0.2) is 0 Å². The minimum atomic E-state index is -0.240. The van der Waals surface area contributed by atoms with Crippen molar-refractivity contribution in [3.8, 4) is 5.75 Å². The van der Waals surface area contributed by atoms with Gasteiger partial charge in [-0.05, 0) is 18.2 Å². The van der Waals surface area contributed by atoms with E-state index in [0.717, 1.165) is 13.1 Å². The first kappa shape index (κ1) is 15.5. The lowest BCUT2D eigenvalue weighted by atomic mass is 10.0. The Morgan fingerprint density at radius 2 is 1.96 bits per heavy atom. The first-order chi connectivity index (χ1) is 11.1. The highest BCUT2D eigenvalue weighted by molar-refractivity contribution is 6.01. The monoisotopic (exact) mass is 317 g/mol. The fourth-order valence-electron chi connectivity index (χ4n) is 2.69. The molecule has 0 spiro atoms. The summed E-state index contributed by atoms with van der Waals surface area (Å²) in [7, 11) is 0. The number of carbonyl (C=O) groups excluding carboxylic acids is 3. The standard InChI is InChI=1S/C16H19N3O4/c20-13(2-4-16(22)19-7-5-17-6-8-19)11-1-3-14-12(9-11)18-15(21)10-23-14/h1,3,9,17H,2,4-8,10H2,(H,18,21). The predicted octanol–water partition coefficient (Wildman–Crippen LogP) is 0.412. The third-order valence-corrected chi connectivity index (χ3v) is 3.97. The molecule has 0 bridgehead atoms. The van der Waals surface area contributed by atoms with Gasteiger partial charge >= 0.3 is 0 Å². The molecule has 7 heteroatoms. The van der Waals surface area contributed by atoms with Crippen LogP contribution < -0.4 is 15.4 Å². The predicted molar refractivity (Wildman–Crippen MR) is 83.6 cm³/mol. The van der Waals surface area contributed by atoms with Crippen molar-refractivity contribution in [3.05, 3.63) is 23.8 Å². The van der Waals surface area contributed by atoms with Gasteiger partial charge in [0.25, 0.3) is 5.91 Å². The van der Waals surface area contributed by atoms with Crippen LogP contribution in [0, 0.1) is 0 Å². The quantitative estimate of drug-likeness (QED) is 0.786. The molecule has 2 N–H and O–H groups in total. The second-order valence-corrected chi connectivity index (χ2v) is 5.60. The average molecular weight is 317 g/mol. The molecule has 7 nitrogen and oxygen atoms in total. The lowest BCUT2D eigenvalue weighted by Gasteiger charge is -2.27. The van der Waals surface area contributed by atoms with Gasteiger partial charge in [0, 0.05) is 44.6 Å². The molecule has 2 aliphatic heterocycles. The summed E-state index contributed by atoms with van der Waals surface area (Å²) < 4.78 is 5.26. The number of ether oxygens (including phenoxy) is 1. The summed E-state index contributed by atoms with van der Waals surface area (Å²) >= 11 is 0. The Kier molecular flexibility index (Phi) is 4.57. The molecule has 0 aromatic heterocycles. The largest absolute Gasteiger partial charge is 0.482 e. The highest BCUT2D eigenvalue weighted by atomic mass is 16.5. The summed E-state index contributed by atoms with van der Waals surface area (Å²) in [5, 5.41) is 5.86. The second kappa shape index (κ2) is 6.78. The Bertz CT molecular complexity index is 638. The number of carbonyl (C=O) groups is 3. The maximum absolute atomic E-state index is 12.3. The number of fused-ring (bicyclic) bond motifs is 1. The van der Waals surface area contributed by atoms with E-state index in [1.54, 1.807) is 23.1 Å². The van der Waals surface area contributed by atoms with Crippen LogP contribution in [0.1, 0.15) is 23.2 Å². The van der Waals surface area contributed by atoms with Gasteiger partial charge in [0.1, 0.15) is 5.75 Å². The van der Waals surface area contributed by atoms with Crippen LogP contribution in [0.2, 0.25) is 0 Å². The molecule has 0 atom stereocenters. The number of rotatable bonds is 4. The Balaban J connectivity index is 1.59. The van der Waals surface area contributed by atoms with E-state index in [0.29, 0.717) is 30.1 Å². The van der Waals surface area contributed by atoms with Crippen molar-refractivity contribution < 1.29 is 19.1 Å². The smallest absolute Gasteiger partial charge is 0.262 e. The summed E-state index contributed by atoms with van der Waals surface area (Å²) in [6, 6.07) is 4.93. The number of anilines is 1. The summed E-state index contributed by atoms with van der Waals surface area (Å²) in [6.07, 6.45) is 0.370. The van der Waals surface area contributed by atoms with Crippen LogP contribution in [-0.4, -0.2) is 55.3 Å². The molecule has 0 radical (unpaired) electrons. The summed E-state index contributed by atoms with van der Waals surface area (Å²) in [6.45, 7) is 2.96. The molecular weight excluding hydrogens is 298 g/mol. The molecular formula is C16H19N3O4. The molecule has 0 saturated carbocycles. The number of ketones is 1. The van der Waals surface area contributed by atoms with Gasteiger partial charge in [-0.3, -0.25) is 14.4 Å². The lowest BCUT2D eigenvalue weighted by Crippen LogP contribution is -2.46. The number of nitrogens with zero attached hydrogens (tertiary/aromatic N) is 1. The van der Waals surface area contributed by atoms with Crippen molar-refractivity contribution in [1.82, 2.24) is 10.2 Å². The third-order valence-electron chi connectivity index (χ3n) is 3.97. The van der Waals surface area contributed by atoms with Crippen molar-refractivity contribution in [2.75, 3.05) is 38.1 Å². The molecule has 2 heterocycles. The fraction of sp³-hybridized carbons (Fsp3) is 0.438. The Morgan fingerprint density at radius 3 is 2.74 bits per heavy atom.